The van der Waals surface area contributed by atoms with E-state index in [0.29, 0.717) is 30.1 Å². The van der Waals surface area contributed by atoms with Gasteiger partial charge in [0, 0.05) is 38.3 Å². The fourth-order valence-electron chi connectivity index (χ4n) is 2.90. The summed E-state index contributed by atoms with van der Waals surface area (Å²) in [5.41, 5.74) is 1.72. The highest BCUT2D eigenvalue weighted by atomic mass is 32.2. The lowest BCUT2D eigenvalue weighted by atomic mass is 10.1. The zero-order valence-electron chi connectivity index (χ0n) is 16.5. The van der Waals surface area contributed by atoms with E-state index in [9.17, 15) is 18.0 Å². The van der Waals surface area contributed by atoms with E-state index < -0.39 is 10.0 Å². The summed E-state index contributed by atoms with van der Waals surface area (Å²) in [6.45, 7) is 0.774. The Bertz CT molecular complexity index is 999. The Balaban J connectivity index is 1.68. The van der Waals surface area contributed by atoms with Gasteiger partial charge in [-0.2, -0.15) is 0 Å². The first-order chi connectivity index (χ1) is 13.8. The lowest BCUT2D eigenvalue weighted by molar-refractivity contribution is 0.0784. The molecule has 0 bridgehead atoms. The van der Waals surface area contributed by atoms with Gasteiger partial charge in [0.15, 0.2) is 0 Å². The van der Waals surface area contributed by atoms with Crippen molar-refractivity contribution in [3.8, 4) is 0 Å². The third-order valence-electron chi connectivity index (χ3n) is 4.86. The van der Waals surface area contributed by atoms with Crippen molar-refractivity contribution in [3.05, 3.63) is 65.2 Å². The predicted molar refractivity (Wildman–Crippen MR) is 110 cm³/mol. The van der Waals surface area contributed by atoms with Crippen LogP contribution in [0.1, 0.15) is 39.1 Å². The molecular weight excluding hydrogens is 390 g/mol. The Morgan fingerprint density at radius 2 is 1.76 bits per heavy atom. The Kier molecular flexibility index (Phi) is 6.34. The molecule has 29 heavy (non-hydrogen) atoms. The number of amides is 2. The number of benzene rings is 2. The maximum atomic E-state index is 12.8. The minimum absolute atomic E-state index is 0.0901. The molecule has 2 amide bonds. The third kappa shape index (κ3) is 5.42. The van der Waals surface area contributed by atoms with Crippen LogP contribution in [-0.4, -0.2) is 45.8 Å². The van der Waals surface area contributed by atoms with Gasteiger partial charge >= 0.3 is 0 Å². The van der Waals surface area contributed by atoms with Crippen molar-refractivity contribution in [2.75, 3.05) is 20.6 Å². The van der Waals surface area contributed by atoms with Crippen molar-refractivity contribution in [3.63, 3.8) is 0 Å². The quantitative estimate of drug-likeness (QED) is 0.689. The van der Waals surface area contributed by atoms with Crippen molar-refractivity contribution in [2.45, 2.75) is 24.3 Å². The normalized spacial score (nSPS) is 13.7. The van der Waals surface area contributed by atoms with Crippen LogP contribution in [0.25, 0.3) is 0 Å². The van der Waals surface area contributed by atoms with E-state index in [1.54, 1.807) is 50.5 Å². The molecule has 0 heterocycles. The highest BCUT2D eigenvalue weighted by Gasteiger charge is 2.25. The topological polar surface area (TPSA) is 95.6 Å². The molecule has 0 spiro atoms. The molecule has 0 aliphatic heterocycles. The van der Waals surface area contributed by atoms with Crippen molar-refractivity contribution < 1.29 is 18.0 Å². The second-order valence-electron chi connectivity index (χ2n) is 7.26. The summed E-state index contributed by atoms with van der Waals surface area (Å²) < 4.78 is 27.5. The molecule has 0 radical (unpaired) electrons. The maximum absolute atomic E-state index is 12.8. The fourth-order valence-corrected chi connectivity index (χ4v) is 4.06. The van der Waals surface area contributed by atoms with E-state index in [-0.39, 0.29) is 16.7 Å². The molecule has 8 heteroatoms. The smallest absolute Gasteiger partial charge is 0.253 e. The number of sulfonamides is 1. The molecule has 1 aliphatic rings. The molecule has 0 unspecified atom stereocenters. The van der Waals surface area contributed by atoms with Gasteiger partial charge in [0.1, 0.15) is 0 Å². The molecule has 1 saturated carbocycles. The monoisotopic (exact) mass is 415 g/mol. The van der Waals surface area contributed by atoms with Crippen LogP contribution < -0.4 is 10.0 Å². The van der Waals surface area contributed by atoms with Crippen LogP contribution in [0.4, 0.5) is 0 Å². The highest BCUT2D eigenvalue weighted by molar-refractivity contribution is 7.89. The molecular formula is C21H25N3O4S. The largest absolute Gasteiger partial charge is 0.355 e. The number of rotatable bonds is 8. The molecule has 2 N–H and O–H groups in total. The molecule has 2 aromatic rings. The van der Waals surface area contributed by atoms with Gasteiger partial charge in [-0.1, -0.05) is 18.2 Å². The van der Waals surface area contributed by atoms with Crippen molar-refractivity contribution in [2.24, 2.45) is 5.92 Å². The number of hydrogen-bond acceptors (Lipinski definition) is 4. The summed E-state index contributed by atoms with van der Waals surface area (Å²) in [5, 5.41) is 2.56. The van der Waals surface area contributed by atoms with Crippen molar-refractivity contribution in [1.29, 1.82) is 0 Å². The standard InChI is InChI=1S/C21H25N3O4S/c1-22-20(25)17-10-8-16(9-11-17)14-24(2)21(26)18-4-3-5-19(12-18)29(27,28)23-13-15-6-7-15/h3-5,8-12,15,23H,6-7,13-14H2,1-2H3,(H,22,25). The summed E-state index contributed by atoms with van der Waals surface area (Å²) in [7, 11) is -0.408. The van der Waals surface area contributed by atoms with Gasteiger partial charge < -0.3 is 10.2 Å². The molecule has 1 aliphatic carbocycles. The Morgan fingerprint density at radius 1 is 1.07 bits per heavy atom. The Labute approximate surface area is 171 Å². The lowest BCUT2D eigenvalue weighted by Crippen LogP contribution is -2.28. The molecule has 2 aromatic carbocycles. The van der Waals surface area contributed by atoms with Crippen LogP contribution >= 0.6 is 0 Å². The molecule has 7 nitrogen and oxygen atoms in total. The van der Waals surface area contributed by atoms with Crippen LogP contribution in [0.2, 0.25) is 0 Å². The first kappa shape index (κ1) is 21.0. The maximum Gasteiger partial charge on any atom is 0.253 e. The van der Waals surface area contributed by atoms with Gasteiger partial charge in [0.25, 0.3) is 11.8 Å². The molecule has 154 valence electrons. The second kappa shape index (κ2) is 8.75. The predicted octanol–water partition coefficient (Wildman–Crippen LogP) is 2.01. The minimum atomic E-state index is -3.63. The fraction of sp³-hybridized carbons (Fsp3) is 0.333. The summed E-state index contributed by atoms with van der Waals surface area (Å²) >= 11 is 0. The second-order valence-corrected chi connectivity index (χ2v) is 9.03. The average molecular weight is 416 g/mol. The number of carbonyl (C=O) groups is 2. The van der Waals surface area contributed by atoms with Crippen LogP contribution in [0.5, 0.6) is 0 Å². The van der Waals surface area contributed by atoms with Gasteiger partial charge in [0.05, 0.1) is 4.90 Å². The molecule has 0 atom stereocenters. The summed E-state index contributed by atoms with van der Waals surface area (Å²) in [6.07, 6.45) is 2.10. The molecule has 0 aromatic heterocycles. The highest BCUT2D eigenvalue weighted by Crippen LogP contribution is 2.28. The zero-order valence-corrected chi connectivity index (χ0v) is 17.3. The van der Waals surface area contributed by atoms with E-state index >= 15 is 0 Å². The molecule has 0 saturated heterocycles. The van der Waals surface area contributed by atoms with Crippen LogP contribution in [0.3, 0.4) is 0 Å². The zero-order chi connectivity index (χ0) is 21.0. The van der Waals surface area contributed by atoms with E-state index in [0.717, 1.165) is 18.4 Å². The molecule has 3 rings (SSSR count). The van der Waals surface area contributed by atoms with E-state index in [1.807, 2.05) is 0 Å². The number of nitrogens with zero attached hydrogens (tertiary/aromatic N) is 1. The first-order valence-electron chi connectivity index (χ1n) is 9.46. The first-order valence-corrected chi connectivity index (χ1v) is 10.9. The lowest BCUT2D eigenvalue weighted by Gasteiger charge is -2.18. The van der Waals surface area contributed by atoms with Gasteiger partial charge in [0.2, 0.25) is 10.0 Å². The van der Waals surface area contributed by atoms with E-state index in [4.69, 9.17) is 0 Å². The van der Waals surface area contributed by atoms with Crippen molar-refractivity contribution >= 4 is 21.8 Å². The third-order valence-corrected chi connectivity index (χ3v) is 6.28. The Morgan fingerprint density at radius 3 is 2.38 bits per heavy atom. The Hall–Kier alpha value is -2.71. The summed E-state index contributed by atoms with van der Waals surface area (Å²) in [4.78, 5) is 26.0. The SMILES string of the molecule is CNC(=O)c1ccc(CN(C)C(=O)c2cccc(S(=O)(=O)NCC3CC3)c2)cc1. The molecule has 1 fully saturated rings. The van der Waals surface area contributed by atoms with Crippen LogP contribution in [-0.2, 0) is 16.6 Å². The van der Waals surface area contributed by atoms with Crippen LogP contribution in [0.15, 0.2) is 53.4 Å². The van der Waals surface area contributed by atoms with Gasteiger partial charge in [-0.3, -0.25) is 9.59 Å². The van der Waals surface area contributed by atoms with Gasteiger partial charge in [-0.05, 0) is 54.7 Å². The van der Waals surface area contributed by atoms with E-state index in [1.165, 1.54) is 17.0 Å². The van der Waals surface area contributed by atoms with E-state index in [2.05, 4.69) is 10.0 Å². The average Bonchev–Trinajstić information content (AvgIpc) is 3.56. The number of carbonyl (C=O) groups excluding carboxylic acids is 2. The van der Waals surface area contributed by atoms with Crippen LogP contribution in [0, 0.1) is 5.92 Å². The van der Waals surface area contributed by atoms with Crippen molar-refractivity contribution in [1.82, 2.24) is 14.9 Å². The number of nitrogens with one attached hydrogen (secondary N) is 2. The summed E-state index contributed by atoms with van der Waals surface area (Å²) in [6, 6.07) is 13.1. The minimum Gasteiger partial charge on any atom is -0.355 e. The van der Waals surface area contributed by atoms with Gasteiger partial charge in [-0.25, -0.2) is 13.1 Å². The summed E-state index contributed by atoms with van der Waals surface area (Å²) in [5.74, 6) is -0.0237. The number of hydrogen-bond donors (Lipinski definition) is 2. The van der Waals surface area contributed by atoms with Gasteiger partial charge in [-0.15, -0.1) is 0 Å².